The van der Waals surface area contributed by atoms with Crippen LogP contribution in [-0.2, 0) is 13.0 Å². The first-order valence-electron chi connectivity index (χ1n) is 11.5. The van der Waals surface area contributed by atoms with Crippen LogP contribution in [0.15, 0.2) is 79.4 Å². The molecule has 34 heavy (non-hydrogen) atoms. The number of hydrogen-bond acceptors (Lipinski definition) is 2. The molecule has 4 nitrogen and oxygen atoms in total. The van der Waals surface area contributed by atoms with Gasteiger partial charge < -0.3 is 9.67 Å². The molecule has 0 atom stereocenters. The topological polar surface area (TPSA) is 55.1 Å². The van der Waals surface area contributed by atoms with Gasteiger partial charge in [-0.2, -0.15) is 0 Å². The molecule has 0 aliphatic heterocycles. The average Bonchev–Trinajstić information content (AvgIpc) is 3.36. The van der Waals surface area contributed by atoms with Crippen molar-refractivity contribution in [3.8, 4) is 23.0 Å². The Morgan fingerprint density at radius 2 is 1.76 bits per heavy atom. The Kier molecular flexibility index (Phi) is 6.94. The van der Waals surface area contributed by atoms with E-state index in [0.29, 0.717) is 17.9 Å². The molecule has 0 spiro atoms. The molecule has 0 aliphatic rings. The molecular weight excluding hydrogens is 420 g/mol. The van der Waals surface area contributed by atoms with Crippen molar-refractivity contribution in [2.45, 2.75) is 39.7 Å². The number of carbonyl (C=O) groups is 1. The zero-order valence-corrected chi connectivity index (χ0v) is 19.7. The highest BCUT2D eigenvalue weighted by molar-refractivity contribution is 5.92. The molecule has 170 valence electrons. The summed E-state index contributed by atoms with van der Waals surface area (Å²) in [4.78, 5) is 15.7. The van der Waals surface area contributed by atoms with E-state index in [2.05, 4.69) is 53.4 Å². The third kappa shape index (κ3) is 5.10. The van der Waals surface area contributed by atoms with E-state index in [1.165, 1.54) is 11.1 Å². The van der Waals surface area contributed by atoms with Gasteiger partial charge in [0.15, 0.2) is 0 Å². The van der Waals surface area contributed by atoms with Crippen LogP contribution in [0, 0.1) is 11.8 Å². The Bertz CT molecular complexity index is 1360. The van der Waals surface area contributed by atoms with Crippen LogP contribution < -0.4 is 0 Å². The molecule has 3 aromatic carbocycles. The van der Waals surface area contributed by atoms with E-state index in [1.807, 2.05) is 49.8 Å². The fourth-order valence-electron chi connectivity index (χ4n) is 4.25. The number of aromatic nitrogens is 2. The van der Waals surface area contributed by atoms with Crippen LogP contribution in [-0.4, -0.2) is 20.6 Å². The van der Waals surface area contributed by atoms with Crippen molar-refractivity contribution < 1.29 is 9.90 Å². The lowest BCUT2D eigenvalue weighted by Gasteiger charge is -2.14. The largest absolute Gasteiger partial charge is 0.478 e. The summed E-state index contributed by atoms with van der Waals surface area (Å²) in [7, 11) is 0. The molecule has 0 radical (unpaired) electrons. The molecule has 0 unspecified atom stereocenters. The Morgan fingerprint density at radius 3 is 2.41 bits per heavy atom. The lowest BCUT2D eigenvalue weighted by atomic mass is 9.93. The molecule has 1 aromatic heterocycles. The summed E-state index contributed by atoms with van der Waals surface area (Å²) in [5.41, 5.74) is 7.65. The van der Waals surface area contributed by atoms with E-state index in [1.54, 1.807) is 18.3 Å². The zero-order valence-electron chi connectivity index (χ0n) is 19.7. The Labute approximate surface area is 200 Å². The third-order valence-corrected chi connectivity index (χ3v) is 5.99. The second-order valence-electron chi connectivity index (χ2n) is 8.62. The standard InChI is InChI=1S/C30H28N2O2/c1-4-26-27(6-5-7-28(26)30(33)34)24-13-10-22(11-14-24)8-9-23-12-15-25(29(18-23)21(2)3)19-32-17-16-31-20-32/h5-7,10-18,20-21H,4,19H2,1-3H3,(H,33,34). The van der Waals surface area contributed by atoms with E-state index in [-0.39, 0.29) is 0 Å². The minimum atomic E-state index is -0.891. The Balaban J connectivity index is 1.58. The number of rotatable bonds is 6. The molecule has 0 bridgehead atoms. The minimum absolute atomic E-state index is 0.362. The Morgan fingerprint density at radius 1 is 1.03 bits per heavy atom. The molecule has 0 saturated heterocycles. The lowest BCUT2D eigenvalue weighted by Crippen LogP contribution is -2.03. The van der Waals surface area contributed by atoms with Gasteiger partial charge in [-0.1, -0.05) is 62.9 Å². The summed E-state index contributed by atoms with van der Waals surface area (Å²) in [5.74, 6) is 6.08. The molecule has 0 fully saturated rings. The van der Waals surface area contributed by atoms with E-state index in [9.17, 15) is 9.90 Å². The van der Waals surface area contributed by atoms with E-state index in [4.69, 9.17) is 0 Å². The van der Waals surface area contributed by atoms with Gasteiger partial charge in [-0.05, 0) is 70.5 Å². The monoisotopic (exact) mass is 448 g/mol. The first kappa shape index (κ1) is 23.1. The van der Waals surface area contributed by atoms with Gasteiger partial charge in [0.25, 0.3) is 0 Å². The van der Waals surface area contributed by atoms with Gasteiger partial charge in [-0.25, -0.2) is 9.78 Å². The smallest absolute Gasteiger partial charge is 0.335 e. The van der Waals surface area contributed by atoms with Gasteiger partial charge in [0.05, 0.1) is 11.9 Å². The van der Waals surface area contributed by atoms with Crippen LogP contribution in [0.3, 0.4) is 0 Å². The lowest BCUT2D eigenvalue weighted by molar-refractivity contribution is 0.0696. The summed E-state index contributed by atoms with van der Waals surface area (Å²) < 4.78 is 2.07. The van der Waals surface area contributed by atoms with Crippen molar-refractivity contribution in [2.24, 2.45) is 0 Å². The van der Waals surface area contributed by atoms with E-state index in [0.717, 1.165) is 34.4 Å². The highest BCUT2D eigenvalue weighted by atomic mass is 16.4. The Hall–Kier alpha value is -4.10. The van der Waals surface area contributed by atoms with Crippen LogP contribution in [0.1, 0.15) is 64.9 Å². The third-order valence-electron chi connectivity index (χ3n) is 5.99. The quantitative estimate of drug-likeness (QED) is 0.348. The van der Waals surface area contributed by atoms with Gasteiger partial charge in [-0.3, -0.25) is 0 Å². The van der Waals surface area contributed by atoms with Gasteiger partial charge in [-0.15, -0.1) is 0 Å². The summed E-state index contributed by atoms with van der Waals surface area (Å²) in [6, 6.07) is 19.9. The van der Waals surface area contributed by atoms with Crippen molar-refractivity contribution in [2.75, 3.05) is 0 Å². The van der Waals surface area contributed by atoms with Crippen LogP contribution >= 0.6 is 0 Å². The fraction of sp³-hybridized carbons (Fsp3) is 0.200. The fourth-order valence-corrected chi connectivity index (χ4v) is 4.25. The predicted octanol–water partition coefficient (Wildman–Crippen LogP) is 6.38. The number of imidazole rings is 1. The molecule has 4 rings (SSSR count). The summed E-state index contributed by atoms with van der Waals surface area (Å²) >= 11 is 0. The highest BCUT2D eigenvalue weighted by Gasteiger charge is 2.13. The van der Waals surface area contributed by atoms with Crippen LogP contribution in [0.4, 0.5) is 0 Å². The maximum atomic E-state index is 11.6. The van der Waals surface area contributed by atoms with Gasteiger partial charge >= 0.3 is 5.97 Å². The maximum Gasteiger partial charge on any atom is 0.335 e. The SMILES string of the molecule is CCc1c(C(=O)O)cccc1-c1ccc(C#Cc2ccc(Cn3ccnc3)c(C(C)C)c2)cc1. The molecule has 1 N–H and O–H groups in total. The molecule has 1 heterocycles. The van der Waals surface area contributed by atoms with Gasteiger partial charge in [0.1, 0.15) is 0 Å². The number of aromatic carboxylic acids is 1. The normalized spacial score (nSPS) is 10.7. The number of benzene rings is 3. The van der Waals surface area contributed by atoms with Crippen LogP contribution in [0.25, 0.3) is 11.1 Å². The first-order chi connectivity index (χ1) is 16.5. The second kappa shape index (κ2) is 10.2. The summed E-state index contributed by atoms with van der Waals surface area (Å²) in [5, 5.41) is 9.50. The van der Waals surface area contributed by atoms with Crippen molar-refractivity contribution >= 4 is 5.97 Å². The van der Waals surface area contributed by atoms with Gasteiger partial charge in [0.2, 0.25) is 0 Å². The molecule has 4 aromatic rings. The van der Waals surface area contributed by atoms with Crippen LogP contribution in [0.5, 0.6) is 0 Å². The second-order valence-corrected chi connectivity index (χ2v) is 8.62. The first-order valence-corrected chi connectivity index (χ1v) is 11.5. The maximum absolute atomic E-state index is 11.6. The average molecular weight is 449 g/mol. The zero-order chi connectivity index (χ0) is 24.1. The molecule has 0 amide bonds. The number of hydrogen-bond donors (Lipinski definition) is 1. The van der Waals surface area contributed by atoms with Crippen molar-refractivity contribution in [3.05, 3.63) is 113 Å². The van der Waals surface area contributed by atoms with Crippen molar-refractivity contribution in [1.29, 1.82) is 0 Å². The van der Waals surface area contributed by atoms with Gasteiger partial charge in [0, 0.05) is 30.1 Å². The molecule has 0 aliphatic carbocycles. The predicted molar refractivity (Wildman–Crippen MR) is 136 cm³/mol. The molecular formula is C30H28N2O2. The molecule has 4 heteroatoms. The number of carboxylic acid groups (broad SMARTS) is 1. The van der Waals surface area contributed by atoms with E-state index < -0.39 is 5.97 Å². The summed E-state index contributed by atoms with van der Waals surface area (Å²) in [6.45, 7) is 7.18. The van der Waals surface area contributed by atoms with Crippen molar-refractivity contribution in [1.82, 2.24) is 9.55 Å². The van der Waals surface area contributed by atoms with Crippen LogP contribution in [0.2, 0.25) is 0 Å². The number of carboxylic acids is 1. The minimum Gasteiger partial charge on any atom is -0.478 e. The highest BCUT2D eigenvalue weighted by Crippen LogP contribution is 2.27. The summed E-state index contributed by atoms with van der Waals surface area (Å²) in [6.07, 6.45) is 6.27. The molecule has 0 saturated carbocycles. The van der Waals surface area contributed by atoms with Crippen molar-refractivity contribution in [3.63, 3.8) is 0 Å². The van der Waals surface area contributed by atoms with E-state index >= 15 is 0 Å². The number of nitrogens with zero attached hydrogens (tertiary/aromatic N) is 2.